The Morgan fingerprint density at radius 1 is 0.875 bits per heavy atom. The van der Waals surface area contributed by atoms with E-state index in [9.17, 15) is 5.11 Å². The molecule has 2 aromatic heterocycles. The highest BCUT2D eigenvalue weighted by molar-refractivity contribution is 5.86. The van der Waals surface area contributed by atoms with Crippen molar-refractivity contribution in [1.29, 1.82) is 0 Å². The molecule has 1 fully saturated rings. The largest absolute Gasteiger partial charge is 0.508 e. The first kappa shape index (κ1) is 14.9. The zero-order valence-electron chi connectivity index (χ0n) is 13.5. The van der Waals surface area contributed by atoms with Gasteiger partial charge in [-0.2, -0.15) is 0 Å². The van der Waals surface area contributed by atoms with Crippen molar-refractivity contribution in [1.82, 2.24) is 14.9 Å². The number of phenolic OH excluding ortho intramolecular Hbond substituents is 1. The van der Waals surface area contributed by atoms with Crippen molar-refractivity contribution in [3.05, 3.63) is 60.7 Å². The Balaban J connectivity index is 1.49. The van der Waals surface area contributed by atoms with Gasteiger partial charge in [-0.1, -0.05) is 6.07 Å². The normalized spacial score (nSPS) is 15.8. The van der Waals surface area contributed by atoms with Gasteiger partial charge in [-0.05, 0) is 29.7 Å². The van der Waals surface area contributed by atoms with E-state index in [1.165, 1.54) is 5.69 Å². The predicted octanol–water partition coefficient (Wildman–Crippen LogP) is 2.66. The molecular weight excluding hydrogens is 300 g/mol. The van der Waals surface area contributed by atoms with Crippen LogP contribution in [-0.4, -0.2) is 46.2 Å². The van der Waals surface area contributed by atoms with E-state index in [0.717, 1.165) is 49.1 Å². The molecule has 0 spiro atoms. The summed E-state index contributed by atoms with van der Waals surface area (Å²) in [5, 5.41) is 12.5. The third-order valence-electron chi connectivity index (χ3n) is 4.69. The Bertz CT molecular complexity index is 829. The lowest BCUT2D eigenvalue weighted by molar-refractivity contribution is 0.247. The fourth-order valence-corrected chi connectivity index (χ4v) is 3.32. The quantitative estimate of drug-likeness (QED) is 0.804. The van der Waals surface area contributed by atoms with Gasteiger partial charge in [0.1, 0.15) is 5.75 Å². The number of phenols is 1. The molecule has 1 aliphatic rings. The van der Waals surface area contributed by atoms with Crippen molar-refractivity contribution in [2.24, 2.45) is 0 Å². The van der Waals surface area contributed by atoms with Crippen LogP contribution in [0.25, 0.3) is 10.8 Å². The average Bonchev–Trinajstić information content (AvgIpc) is 2.65. The first-order valence-electron chi connectivity index (χ1n) is 8.23. The van der Waals surface area contributed by atoms with Crippen molar-refractivity contribution in [3.8, 4) is 5.75 Å². The predicted molar refractivity (Wildman–Crippen MR) is 95.1 cm³/mol. The zero-order chi connectivity index (χ0) is 16.4. The highest BCUT2D eigenvalue weighted by Gasteiger charge is 2.19. The minimum absolute atomic E-state index is 0.354. The summed E-state index contributed by atoms with van der Waals surface area (Å²) in [6, 6.07) is 9.82. The van der Waals surface area contributed by atoms with E-state index in [1.807, 2.05) is 30.7 Å². The van der Waals surface area contributed by atoms with Crippen molar-refractivity contribution in [2.45, 2.75) is 6.54 Å². The molecule has 0 radical (unpaired) electrons. The molecule has 0 atom stereocenters. The lowest BCUT2D eigenvalue weighted by Crippen LogP contribution is -2.46. The summed E-state index contributed by atoms with van der Waals surface area (Å²) in [7, 11) is 0. The van der Waals surface area contributed by atoms with E-state index < -0.39 is 0 Å². The molecule has 0 aliphatic carbocycles. The minimum atomic E-state index is 0.354. The van der Waals surface area contributed by atoms with Gasteiger partial charge in [-0.3, -0.25) is 14.9 Å². The second-order valence-corrected chi connectivity index (χ2v) is 6.13. The Labute approximate surface area is 141 Å². The molecule has 1 aromatic carbocycles. The molecule has 122 valence electrons. The number of benzene rings is 1. The zero-order valence-corrected chi connectivity index (χ0v) is 13.5. The van der Waals surface area contributed by atoms with Gasteiger partial charge < -0.3 is 10.0 Å². The van der Waals surface area contributed by atoms with Crippen LogP contribution in [0.1, 0.15) is 5.56 Å². The van der Waals surface area contributed by atoms with Crippen LogP contribution >= 0.6 is 0 Å². The fourth-order valence-electron chi connectivity index (χ4n) is 3.32. The summed E-state index contributed by atoms with van der Waals surface area (Å²) in [5.74, 6) is 0.354. The first-order chi connectivity index (χ1) is 11.8. The van der Waals surface area contributed by atoms with Crippen LogP contribution in [0.2, 0.25) is 0 Å². The van der Waals surface area contributed by atoms with Gasteiger partial charge in [-0.25, -0.2) is 0 Å². The Morgan fingerprint density at radius 3 is 2.42 bits per heavy atom. The van der Waals surface area contributed by atoms with Gasteiger partial charge in [0.2, 0.25) is 0 Å². The van der Waals surface area contributed by atoms with Gasteiger partial charge in [0.15, 0.2) is 0 Å². The maximum absolute atomic E-state index is 10.3. The van der Waals surface area contributed by atoms with Crippen molar-refractivity contribution in [2.75, 3.05) is 31.1 Å². The third-order valence-corrected chi connectivity index (χ3v) is 4.69. The van der Waals surface area contributed by atoms with Crippen molar-refractivity contribution in [3.63, 3.8) is 0 Å². The number of fused-ring (bicyclic) bond motifs is 1. The first-order valence-corrected chi connectivity index (χ1v) is 8.23. The molecule has 0 unspecified atom stereocenters. The molecule has 0 saturated carbocycles. The van der Waals surface area contributed by atoms with E-state index in [2.05, 4.69) is 31.9 Å². The smallest absolute Gasteiger partial charge is 0.120 e. The second kappa shape index (κ2) is 6.45. The molecule has 1 saturated heterocycles. The maximum atomic E-state index is 10.3. The average molecular weight is 320 g/mol. The number of aromatic hydroxyl groups is 1. The highest BCUT2D eigenvalue weighted by atomic mass is 16.3. The Kier molecular flexibility index (Phi) is 4.01. The van der Waals surface area contributed by atoms with Crippen LogP contribution in [0, 0.1) is 0 Å². The van der Waals surface area contributed by atoms with Crippen LogP contribution in [0.4, 0.5) is 5.69 Å². The summed E-state index contributed by atoms with van der Waals surface area (Å²) in [5.41, 5.74) is 2.19. The molecule has 5 nitrogen and oxygen atoms in total. The van der Waals surface area contributed by atoms with Crippen LogP contribution < -0.4 is 4.90 Å². The van der Waals surface area contributed by atoms with Gasteiger partial charge in [-0.15, -0.1) is 0 Å². The van der Waals surface area contributed by atoms with Gasteiger partial charge in [0, 0.05) is 74.1 Å². The van der Waals surface area contributed by atoms with Crippen LogP contribution in [-0.2, 0) is 6.54 Å². The molecule has 1 N–H and O–H groups in total. The third kappa shape index (κ3) is 2.90. The Hall–Kier alpha value is -2.66. The molecule has 3 heterocycles. The number of aromatic nitrogens is 2. The number of nitrogens with zero attached hydrogens (tertiary/aromatic N) is 4. The molecule has 4 rings (SSSR count). The van der Waals surface area contributed by atoms with E-state index in [1.54, 1.807) is 12.3 Å². The summed E-state index contributed by atoms with van der Waals surface area (Å²) in [6.45, 7) is 4.65. The number of rotatable bonds is 3. The van der Waals surface area contributed by atoms with E-state index in [4.69, 9.17) is 0 Å². The van der Waals surface area contributed by atoms with Crippen LogP contribution in [0.3, 0.4) is 0 Å². The lowest BCUT2D eigenvalue weighted by atomic mass is 10.0. The summed E-state index contributed by atoms with van der Waals surface area (Å²) in [6.07, 6.45) is 7.31. The van der Waals surface area contributed by atoms with Gasteiger partial charge >= 0.3 is 0 Å². The number of hydrogen-bond donors (Lipinski definition) is 1. The van der Waals surface area contributed by atoms with Gasteiger partial charge in [0.25, 0.3) is 0 Å². The monoisotopic (exact) mass is 320 g/mol. The number of pyridine rings is 2. The SMILES string of the molecule is Oc1ccc2ccncc2c1CN1CCN(c2ccncc2)CC1. The minimum Gasteiger partial charge on any atom is -0.508 e. The second-order valence-electron chi connectivity index (χ2n) is 6.13. The molecule has 5 heteroatoms. The molecular formula is C19H20N4O. The molecule has 1 aliphatic heterocycles. The highest BCUT2D eigenvalue weighted by Crippen LogP contribution is 2.28. The number of anilines is 1. The van der Waals surface area contributed by atoms with E-state index in [0.29, 0.717) is 5.75 Å². The number of piperazine rings is 1. The molecule has 24 heavy (non-hydrogen) atoms. The van der Waals surface area contributed by atoms with E-state index >= 15 is 0 Å². The molecule has 0 amide bonds. The van der Waals surface area contributed by atoms with Gasteiger partial charge in [0.05, 0.1) is 0 Å². The van der Waals surface area contributed by atoms with Crippen molar-refractivity contribution < 1.29 is 5.11 Å². The number of hydrogen-bond acceptors (Lipinski definition) is 5. The van der Waals surface area contributed by atoms with Crippen LogP contribution in [0.5, 0.6) is 5.75 Å². The topological polar surface area (TPSA) is 52.5 Å². The Morgan fingerprint density at radius 2 is 1.62 bits per heavy atom. The van der Waals surface area contributed by atoms with Crippen LogP contribution in [0.15, 0.2) is 55.1 Å². The lowest BCUT2D eigenvalue weighted by Gasteiger charge is -2.36. The fraction of sp³-hybridized carbons (Fsp3) is 0.263. The van der Waals surface area contributed by atoms with E-state index in [-0.39, 0.29) is 0 Å². The maximum Gasteiger partial charge on any atom is 0.120 e. The summed E-state index contributed by atoms with van der Waals surface area (Å²) >= 11 is 0. The van der Waals surface area contributed by atoms with Crippen molar-refractivity contribution >= 4 is 16.5 Å². The molecule has 3 aromatic rings. The summed E-state index contributed by atoms with van der Waals surface area (Å²) in [4.78, 5) is 13.1. The standard InChI is InChI=1S/C19H20N4O/c24-19-2-1-15-3-6-21-13-17(15)18(19)14-22-9-11-23(12-10-22)16-4-7-20-8-5-16/h1-8,13,24H,9-12,14H2. The summed E-state index contributed by atoms with van der Waals surface area (Å²) < 4.78 is 0. The molecule has 0 bridgehead atoms.